The molecule has 26 heavy (non-hydrogen) atoms. The van der Waals surface area contributed by atoms with E-state index < -0.39 is 15.1 Å². The molecule has 0 aliphatic heterocycles. The Morgan fingerprint density at radius 3 is 2.27 bits per heavy atom. The molecular formula is C18H15N3O4S. The van der Waals surface area contributed by atoms with E-state index in [4.69, 9.17) is 9.84 Å². The van der Waals surface area contributed by atoms with E-state index in [2.05, 4.69) is 9.97 Å². The number of aliphatic hydroxyl groups is 1. The topological polar surface area (TPSA) is 113 Å². The minimum Gasteiger partial charge on any atom is -0.474 e. The molecule has 0 aliphatic rings. The number of ether oxygens (including phenoxy) is 1. The van der Waals surface area contributed by atoms with Crippen molar-refractivity contribution in [2.24, 2.45) is 0 Å². The van der Waals surface area contributed by atoms with Gasteiger partial charge < -0.3 is 9.84 Å². The second kappa shape index (κ2) is 7.47. The van der Waals surface area contributed by atoms with E-state index in [9.17, 15) is 13.7 Å². The molecule has 3 aromatic rings. The lowest BCUT2D eigenvalue weighted by Gasteiger charge is -2.15. The molecule has 0 spiro atoms. The van der Waals surface area contributed by atoms with Crippen molar-refractivity contribution in [3.05, 3.63) is 60.3 Å². The Balaban J connectivity index is 2.19. The fourth-order valence-corrected chi connectivity index (χ4v) is 3.84. The van der Waals surface area contributed by atoms with Crippen molar-refractivity contribution >= 4 is 20.9 Å². The van der Waals surface area contributed by atoms with Crippen LogP contribution in [0.1, 0.15) is 10.9 Å². The van der Waals surface area contributed by atoms with Gasteiger partial charge in [0.15, 0.2) is 5.25 Å². The van der Waals surface area contributed by atoms with Gasteiger partial charge in [-0.2, -0.15) is 5.26 Å². The predicted octanol–water partition coefficient (Wildman–Crippen LogP) is 2.04. The molecule has 1 heterocycles. The van der Waals surface area contributed by atoms with Gasteiger partial charge in [0, 0.05) is 0 Å². The molecule has 0 fully saturated rings. The zero-order valence-electron chi connectivity index (χ0n) is 13.6. The van der Waals surface area contributed by atoms with Crippen LogP contribution in [0.25, 0.3) is 11.0 Å². The summed E-state index contributed by atoms with van der Waals surface area (Å²) in [6.07, 6.45) is 0. The monoisotopic (exact) mass is 369 g/mol. The van der Waals surface area contributed by atoms with E-state index in [1.807, 2.05) is 0 Å². The number of rotatable bonds is 6. The highest BCUT2D eigenvalue weighted by Gasteiger charge is 2.34. The van der Waals surface area contributed by atoms with Gasteiger partial charge in [-0.25, -0.2) is 18.4 Å². The van der Waals surface area contributed by atoms with Crippen LogP contribution in [0.5, 0.6) is 5.88 Å². The van der Waals surface area contributed by atoms with Gasteiger partial charge in [-0.15, -0.1) is 0 Å². The lowest BCUT2D eigenvalue weighted by atomic mass is 10.2. The molecular weight excluding hydrogens is 354 g/mol. The Kier molecular flexibility index (Phi) is 5.11. The summed E-state index contributed by atoms with van der Waals surface area (Å²) in [6.45, 7) is -0.375. The Labute approximate surface area is 150 Å². The molecule has 132 valence electrons. The van der Waals surface area contributed by atoms with E-state index in [1.54, 1.807) is 48.5 Å². The highest BCUT2D eigenvalue weighted by Crippen LogP contribution is 2.33. The van der Waals surface area contributed by atoms with Gasteiger partial charge >= 0.3 is 0 Å². The van der Waals surface area contributed by atoms with Gasteiger partial charge in [0.2, 0.25) is 15.7 Å². The molecule has 0 bridgehead atoms. The highest BCUT2D eigenvalue weighted by atomic mass is 32.2. The molecule has 3 rings (SSSR count). The van der Waals surface area contributed by atoms with E-state index >= 15 is 0 Å². The van der Waals surface area contributed by atoms with E-state index in [0.717, 1.165) is 0 Å². The number of benzene rings is 2. The first-order valence-corrected chi connectivity index (χ1v) is 9.31. The van der Waals surface area contributed by atoms with Gasteiger partial charge in [-0.3, -0.25) is 0 Å². The number of sulfone groups is 1. The molecule has 0 radical (unpaired) electrons. The van der Waals surface area contributed by atoms with Gasteiger partial charge in [-0.1, -0.05) is 30.3 Å². The van der Waals surface area contributed by atoms with Crippen molar-refractivity contribution in [3.63, 3.8) is 0 Å². The maximum atomic E-state index is 12.9. The van der Waals surface area contributed by atoms with Crippen LogP contribution in [0.3, 0.4) is 0 Å². The van der Waals surface area contributed by atoms with E-state index in [-0.39, 0.29) is 29.7 Å². The van der Waals surface area contributed by atoms with Crippen molar-refractivity contribution in [1.82, 2.24) is 9.97 Å². The SMILES string of the molecule is N#CC(c1nc2ccccc2nc1OCCO)S(=O)(=O)c1ccccc1. The van der Waals surface area contributed by atoms with Crippen molar-refractivity contribution in [2.75, 3.05) is 13.2 Å². The summed E-state index contributed by atoms with van der Waals surface area (Å²) in [7, 11) is -4.03. The van der Waals surface area contributed by atoms with Crippen molar-refractivity contribution in [2.45, 2.75) is 10.1 Å². The fourth-order valence-electron chi connectivity index (χ4n) is 2.44. The van der Waals surface area contributed by atoms with Crippen LogP contribution in [0.4, 0.5) is 0 Å². The molecule has 0 saturated carbocycles. The van der Waals surface area contributed by atoms with Crippen molar-refractivity contribution in [3.8, 4) is 11.9 Å². The second-order valence-corrected chi connectivity index (χ2v) is 7.37. The predicted molar refractivity (Wildman–Crippen MR) is 94.1 cm³/mol. The van der Waals surface area contributed by atoms with Gasteiger partial charge in [0.1, 0.15) is 12.3 Å². The average molecular weight is 369 g/mol. The molecule has 0 amide bonds. The number of nitrogens with zero attached hydrogens (tertiary/aromatic N) is 3. The Morgan fingerprint density at radius 1 is 1.04 bits per heavy atom. The molecule has 0 saturated heterocycles. The number of nitriles is 1. The number of hydrogen-bond donors (Lipinski definition) is 1. The van der Waals surface area contributed by atoms with Crippen LogP contribution in [0.2, 0.25) is 0 Å². The third-order valence-corrected chi connectivity index (χ3v) is 5.52. The number of aromatic nitrogens is 2. The highest BCUT2D eigenvalue weighted by molar-refractivity contribution is 7.92. The van der Waals surface area contributed by atoms with Crippen LogP contribution >= 0.6 is 0 Å². The first-order valence-electron chi connectivity index (χ1n) is 7.77. The van der Waals surface area contributed by atoms with Gasteiger partial charge in [0.05, 0.1) is 28.6 Å². The second-order valence-electron chi connectivity index (χ2n) is 5.34. The smallest absolute Gasteiger partial charge is 0.238 e. The van der Waals surface area contributed by atoms with Gasteiger partial charge in [-0.05, 0) is 24.3 Å². The van der Waals surface area contributed by atoms with Crippen molar-refractivity contribution in [1.29, 1.82) is 5.26 Å². The summed E-state index contributed by atoms with van der Waals surface area (Å²) in [5.74, 6) is -0.0798. The quantitative estimate of drug-likeness (QED) is 0.707. The number of aliphatic hydroxyl groups excluding tert-OH is 1. The third kappa shape index (κ3) is 3.35. The Bertz CT molecular complexity index is 1060. The first kappa shape index (κ1) is 17.8. The Hall–Kier alpha value is -3.02. The van der Waals surface area contributed by atoms with Crippen molar-refractivity contribution < 1.29 is 18.3 Å². The number of hydrogen-bond acceptors (Lipinski definition) is 7. The molecule has 1 unspecified atom stereocenters. The molecule has 1 aromatic heterocycles. The lowest BCUT2D eigenvalue weighted by Crippen LogP contribution is -2.17. The number of fused-ring (bicyclic) bond motifs is 1. The summed E-state index contributed by atoms with van der Waals surface area (Å²) in [6, 6.07) is 16.4. The molecule has 7 nitrogen and oxygen atoms in total. The van der Waals surface area contributed by atoms with E-state index in [1.165, 1.54) is 12.1 Å². The molecule has 8 heteroatoms. The maximum absolute atomic E-state index is 12.9. The first-order chi connectivity index (χ1) is 12.6. The molecule has 1 atom stereocenters. The molecule has 0 aliphatic carbocycles. The maximum Gasteiger partial charge on any atom is 0.238 e. The van der Waals surface area contributed by atoms with Crippen LogP contribution < -0.4 is 4.74 Å². The molecule has 2 aromatic carbocycles. The van der Waals surface area contributed by atoms with Gasteiger partial charge in [0.25, 0.3) is 0 Å². The number of para-hydroxylation sites is 2. The average Bonchev–Trinajstić information content (AvgIpc) is 2.67. The standard InChI is InChI=1S/C18H15N3O4S/c19-12-16(26(23,24)13-6-2-1-3-7-13)17-18(25-11-10-22)21-15-9-5-4-8-14(15)20-17/h1-9,16,22H,10-11H2. The zero-order chi connectivity index (χ0) is 18.6. The summed E-state index contributed by atoms with van der Waals surface area (Å²) in [5.41, 5.74) is 0.851. The fraction of sp³-hybridized carbons (Fsp3) is 0.167. The van der Waals surface area contributed by atoms with Crippen LogP contribution in [-0.4, -0.2) is 36.7 Å². The summed E-state index contributed by atoms with van der Waals surface area (Å²) >= 11 is 0. The minimum absolute atomic E-state index is 0.00890. The van der Waals surface area contributed by atoms with Crippen LogP contribution in [-0.2, 0) is 9.84 Å². The Morgan fingerprint density at radius 2 is 1.65 bits per heavy atom. The zero-order valence-corrected chi connectivity index (χ0v) is 14.4. The van der Waals surface area contributed by atoms with Crippen LogP contribution in [0, 0.1) is 11.3 Å². The van der Waals surface area contributed by atoms with Crippen LogP contribution in [0.15, 0.2) is 59.5 Å². The summed E-state index contributed by atoms with van der Waals surface area (Å²) < 4.78 is 31.2. The summed E-state index contributed by atoms with van der Waals surface area (Å²) in [4.78, 5) is 8.61. The van der Waals surface area contributed by atoms with E-state index in [0.29, 0.717) is 11.0 Å². The lowest BCUT2D eigenvalue weighted by molar-refractivity contribution is 0.195. The third-order valence-electron chi connectivity index (χ3n) is 3.64. The molecule has 1 N–H and O–H groups in total. The normalized spacial score (nSPS) is 12.5. The minimum atomic E-state index is -4.03. The summed E-state index contributed by atoms with van der Waals surface area (Å²) in [5, 5.41) is 17.0. The largest absolute Gasteiger partial charge is 0.474 e.